The average molecular weight is 333 g/mol. The lowest BCUT2D eigenvalue weighted by molar-refractivity contribution is -0.0167. The Kier molecular flexibility index (Phi) is 3.34. The molecule has 1 aromatic carbocycles. The van der Waals surface area contributed by atoms with Crippen LogP contribution in [0.3, 0.4) is 0 Å². The van der Waals surface area contributed by atoms with Crippen LogP contribution in [0.15, 0.2) is 29.2 Å². The van der Waals surface area contributed by atoms with Gasteiger partial charge >= 0.3 is 0 Å². The highest BCUT2D eigenvalue weighted by atomic mass is 32.2. The maximum atomic E-state index is 12.7. The minimum Gasteiger partial charge on any atom is -0.347 e. The van der Waals surface area contributed by atoms with Gasteiger partial charge in [-0.15, -0.1) is 0 Å². The molecule has 4 saturated carbocycles. The summed E-state index contributed by atoms with van der Waals surface area (Å²) in [4.78, 5) is 12.9. The first kappa shape index (κ1) is 15.2. The van der Waals surface area contributed by atoms with Crippen molar-refractivity contribution in [3.8, 4) is 0 Å². The number of nitrogens with one attached hydrogen (secondary N) is 1. The molecule has 4 aliphatic rings. The Bertz CT molecular complexity index is 718. The van der Waals surface area contributed by atoms with Gasteiger partial charge in [-0.25, -0.2) is 8.42 Å². The van der Waals surface area contributed by atoms with E-state index in [-0.39, 0.29) is 16.3 Å². The van der Waals surface area contributed by atoms with Gasteiger partial charge in [-0.2, -0.15) is 0 Å². The Morgan fingerprint density at radius 3 is 2.17 bits per heavy atom. The van der Waals surface area contributed by atoms with E-state index in [2.05, 4.69) is 5.32 Å². The largest absolute Gasteiger partial charge is 0.347 e. The molecule has 1 N–H and O–H groups in total. The normalized spacial score (nSPS) is 35.3. The monoisotopic (exact) mass is 333 g/mol. The number of hydrogen-bond donors (Lipinski definition) is 1. The number of carbonyl (C=O) groups excluding carboxylic acids is 1. The third-order valence-electron chi connectivity index (χ3n) is 5.94. The fraction of sp³-hybridized carbons (Fsp3) is 0.611. The van der Waals surface area contributed by atoms with Crippen LogP contribution in [0.1, 0.15) is 48.9 Å². The fourth-order valence-corrected chi connectivity index (χ4v) is 6.11. The first-order chi connectivity index (χ1) is 10.8. The SMILES string of the molecule is CS(=O)(=O)c1cccc(C(=O)NC23CC4CC(CC(C4)C2)C3)c1. The molecule has 0 aliphatic heterocycles. The lowest BCUT2D eigenvalue weighted by Crippen LogP contribution is -2.59. The maximum Gasteiger partial charge on any atom is 0.251 e. The Morgan fingerprint density at radius 2 is 1.65 bits per heavy atom. The van der Waals surface area contributed by atoms with E-state index < -0.39 is 9.84 Å². The highest BCUT2D eigenvalue weighted by Crippen LogP contribution is 2.55. The number of carbonyl (C=O) groups is 1. The second-order valence-electron chi connectivity index (χ2n) is 7.95. The molecular formula is C18H23NO3S. The first-order valence-corrected chi connectivity index (χ1v) is 10.3. The summed E-state index contributed by atoms with van der Waals surface area (Å²) >= 11 is 0. The van der Waals surface area contributed by atoms with Crippen molar-refractivity contribution in [1.82, 2.24) is 5.32 Å². The van der Waals surface area contributed by atoms with Crippen LogP contribution >= 0.6 is 0 Å². The summed E-state index contributed by atoms with van der Waals surface area (Å²) in [7, 11) is -3.29. The van der Waals surface area contributed by atoms with E-state index in [1.807, 2.05) is 0 Å². The minimum absolute atomic E-state index is 0.0487. The van der Waals surface area contributed by atoms with E-state index in [9.17, 15) is 13.2 Å². The maximum absolute atomic E-state index is 12.7. The highest BCUT2D eigenvalue weighted by Gasteiger charge is 2.51. The Balaban J connectivity index is 1.57. The van der Waals surface area contributed by atoms with Crippen molar-refractivity contribution in [3.63, 3.8) is 0 Å². The van der Waals surface area contributed by atoms with Gasteiger partial charge in [0.2, 0.25) is 0 Å². The summed E-state index contributed by atoms with van der Waals surface area (Å²) in [6.07, 6.45) is 8.45. The summed E-state index contributed by atoms with van der Waals surface area (Å²) in [5.74, 6) is 2.18. The molecule has 4 fully saturated rings. The Hall–Kier alpha value is -1.36. The molecule has 0 aromatic heterocycles. The quantitative estimate of drug-likeness (QED) is 0.925. The summed E-state index contributed by atoms with van der Waals surface area (Å²) in [5.41, 5.74) is 0.399. The second-order valence-corrected chi connectivity index (χ2v) is 9.97. The third kappa shape index (κ3) is 2.80. The van der Waals surface area contributed by atoms with Crippen molar-refractivity contribution in [2.24, 2.45) is 17.8 Å². The molecule has 0 spiro atoms. The lowest BCUT2D eigenvalue weighted by Gasteiger charge is -2.56. The van der Waals surface area contributed by atoms with Crippen LogP contribution in [0.25, 0.3) is 0 Å². The minimum atomic E-state index is -3.29. The average Bonchev–Trinajstić information content (AvgIpc) is 2.44. The van der Waals surface area contributed by atoms with E-state index in [1.165, 1.54) is 37.7 Å². The fourth-order valence-electron chi connectivity index (χ4n) is 5.44. The standard InChI is InChI=1S/C18H23NO3S/c1-23(21,22)16-4-2-3-15(8-16)17(20)19-18-9-12-5-13(10-18)7-14(6-12)11-18/h2-4,8,12-14H,5-7,9-11H2,1H3,(H,19,20). The molecule has 5 rings (SSSR count). The molecule has 0 unspecified atom stereocenters. The summed E-state index contributed by atoms with van der Waals surface area (Å²) in [5, 5.41) is 3.29. The van der Waals surface area contributed by atoms with Crippen LogP contribution in [0.4, 0.5) is 0 Å². The van der Waals surface area contributed by atoms with Gasteiger partial charge in [0.1, 0.15) is 0 Å². The van der Waals surface area contributed by atoms with Gasteiger partial charge in [0.15, 0.2) is 9.84 Å². The number of benzene rings is 1. The van der Waals surface area contributed by atoms with Crippen molar-refractivity contribution >= 4 is 15.7 Å². The number of sulfone groups is 1. The summed E-state index contributed by atoms with van der Waals surface area (Å²) in [6.45, 7) is 0. The van der Waals surface area contributed by atoms with Gasteiger partial charge < -0.3 is 5.32 Å². The Labute approximate surface area is 137 Å². The predicted molar refractivity (Wildman–Crippen MR) is 87.9 cm³/mol. The second kappa shape index (κ2) is 5.07. The lowest BCUT2D eigenvalue weighted by atomic mass is 9.53. The zero-order valence-corrected chi connectivity index (χ0v) is 14.2. The zero-order valence-electron chi connectivity index (χ0n) is 13.4. The number of amides is 1. The van der Waals surface area contributed by atoms with Gasteiger partial charge in [0.25, 0.3) is 5.91 Å². The van der Waals surface area contributed by atoms with Gasteiger partial charge in [-0.3, -0.25) is 4.79 Å². The van der Waals surface area contributed by atoms with Crippen molar-refractivity contribution < 1.29 is 13.2 Å². The van der Waals surface area contributed by atoms with E-state index in [0.717, 1.165) is 37.0 Å². The molecule has 0 saturated heterocycles. The van der Waals surface area contributed by atoms with E-state index in [1.54, 1.807) is 12.1 Å². The van der Waals surface area contributed by atoms with Crippen LogP contribution < -0.4 is 5.32 Å². The van der Waals surface area contributed by atoms with Crippen LogP contribution in [0, 0.1) is 17.8 Å². The molecule has 1 aromatic rings. The number of rotatable bonds is 3. The van der Waals surface area contributed by atoms with Gasteiger partial charge in [-0.05, 0) is 74.5 Å². The molecule has 0 heterocycles. The molecular weight excluding hydrogens is 310 g/mol. The van der Waals surface area contributed by atoms with Crippen molar-refractivity contribution in [3.05, 3.63) is 29.8 Å². The predicted octanol–water partition coefficient (Wildman–Crippen LogP) is 2.79. The molecule has 124 valence electrons. The van der Waals surface area contributed by atoms with Gasteiger partial charge in [0.05, 0.1) is 4.90 Å². The summed E-state index contributed by atoms with van der Waals surface area (Å²) in [6, 6.07) is 6.37. The van der Waals surface area contributed by atoms with Crippen LogP contribution in [-0.2, 0) is 9.84 Å². The smallest absolute Gasteiger partial charge is 0.251 e. The van der Waals surface area contributed by atoms with E-state index in [4.69, 9.17) is 0 Å². The molecule has 23 heavy (non-hydrogen) atoms. The van der Waals surface area contributed by atoms with Crippen molar-refractivity contribution in [2.75, 3.05) is 6.26 Å². The van der Waals surface area contributed by atoms with Crippen molar-refractivity contribution in [2.45, 2.75) is 49.0 Å². The highest BCUT2D eigenvalue weighted by molar-refractivity contribution is 7.90. The van der Waals surface area contributed by atoms with Crippen LogP contribution in [0.5, 0.6) is 0 Å². The molecule has 4 bridgehead atoms. The molecule has 5 heteroatoms. The van der Waals surface area contributed by atoms with Gasteiger partial charge in [-0.1, -0.05) is 6.07 Å². The molecule has 4 nitrogen and oxygen atoms in total. The van der Waals surface area contributed by atoms with Crippen LogP contribution in [0.2, 0.25) is 0 Å². The van der Waals surface area contributed by atoms with Crippen molar-refractivity contribution in [1.29, 1.82) is 0 Å². The summed E-state index contributed by atoms with van der Waals surface area (Å²) < 4.78 is 23.4. The molecule has 0 radical (unpaired) electrons. The van der Waals surface area contributed by atoms with E-state index in [0.29, 0.717) is 5.56 Å². The molecule has 1 amide bonds. The van der Waals surface area contributed by atoms with E-state index >= 15 is 0 Å². The molecule has 4 aliphatic carbocycles. The van der Waals surface area contributed by atoms with Crippen LogP contribution in [-0.4, -0.2) is 26.1 Å². The topological polar surface area (TPSA) is 63.2 Å². The Morgan fingerprint density at radius 1 is 1.09 bits per heavy atom. The third-order valence-corrected chi connectivity index (χ3v) is 7.05. The zero-order chi connectivity index (χ0) is 16.2. The van der Waals surface area contributed by atoms with Gasteiger partial charge in [0, 0.05) is 17.4 Å². The number of hydrogen-bond acceptors (Lipinski definition) is 3. The molecule has 0 atom stereocenters. The first-order valence-electron chi connectivity index (χ1n) is 8.46.